The van der Waals surface area contributed by atoms with E-state index in [0.29, 0.717) is 24.3 Å². The molecule has 0 aliphatic carbocycles. The van der Waals surface area contributed by atoms with Gasteiger partial charge in [0.15, 0.2) is 0 Å². The predicted octanol–water partition coefficient (Wildman–Crippen LogP) is 3.65. The number of amides is 1. The van der Waals surface area contributed by atoms with Crippen molar-refractivity contribution in [1.29, 1.82) is 0 Å². The van der Waals surface area contributed by atoms with E-state index in [1.165, 1.54) is 18.3 Å². The van der Waals surface area contributed by atoms with Gasteiger partial charge in [-0.2, -0.15) is 0 Å². The van der Waals surface area contributed by atoms with Crippen molar-refractivity contribution in [3.63, 3.8) is 0 Å². The molecular weight excluding hydrogens is 414 g/mol. The standard InChI is InChI=1S/C23H25N3O4S/c1-16-8-4-5-9-20(16)25-31(29,30)17-10-11-21-18(14-17)22(27)19(15-24-21)23(28)26-12-6-2-3-7-13-26/h4-5,8-11,14-15,25H,2-3,6-7,12-13H2,1H3,(H,24,27). The van der Waals surface area contributed by atoms with Crippen LogP contribution >= 0.6 is 0 Å². The van der Waals surface area contributed by atoms with Crippen LogP contribution in [-0.2, 0) is 10.0 Å². The first kappa shape index (κ1) is 21.1. The third-order valence-corrected chi connectivity index (χ3v) is 7.04. The lowest BCUT2D eigenvalue weighted by atomic mass is 10.1. The number of para-hydroxylation sites is 1. The van der Waals surface area contributed by atoms with Crippen LogP contribution in [0.5, 0.6) is 0 Å². The average Bonchev–Trinajstić information content (AvgIpc) is 3.04. The van der Waals surface area contributed by atoms with Crippen molar-refractivity contribution in [1.82, 2.24) is 9.88 Å². The van der Waals surface area contributed by atoms with Gasteiger partial charge >= 0.3 is 0 Å². The third-order valence-electron chi connectivity index (χ3n) is 5.68. The molecule has 0 atom stereocenters. The Morgan fingerprint density at radius 1 is 1.03 bits per heavy atom. The Balaban J connectivity index is 1.71. The van der Waals surface area contributed by atoms with Gasteiger partial charge in [0.2, 0.25) is 5.43 Å². The van der Waals surface area contributed by atoms with Crippen LogP contribution in [0.1, 0.15) is 41.6 Å². The molecule has 2 aromatic carbocycles. The number of hydrogen-bond donors (Lipinski definition) is 2. The van der Waals surface area contributed by atoms with Crippen LogP contribution in [0.2, 0.25) is 0 Å². The van der Waals surface area contributed by atoms with E-state index >= 15 is 0 Å². The van der Waals surface area contributed by atoms with Crippen molar-refractivity contribution in [2.45, 2.75) is 37.5 Å². The molecule has 8 heteroatoms. The van der Waals surface area contributed by atoms with Gasteiger partial charge in [-0.15, -0.1) is 0 Å². The summed E-state index contributed by atoms with van der Waals surface area (Å²) in [4.78, 5) is 30.7. The van der Waals surface area contributed by atoms with Crippen LogP contribution in [0.3, 0.4) is 0 Å². The highest BCUT2D eigenvalue weighted by molar-refractivity contribution is 7.92. The Bertz CT molecular complexity index is 1290. The topological polar surface area (TPSA) is 99.3 Å². The third kappa shape index (κ3) is 4.34. The second kappa shape index (κ2) is 8.55. The second-order valence-corrected chi connectivity index (χ2v) is 9.55. The summed E-state index contributed by atoms with van der Waals surface area (Å²) in [5.41, 5.74) is 1.32. The highest BCUT2D eigenvalue weighted by Gasteiger charge is 2.22. The van der Waals surface area contributed by atoms with Crippen molar-refractivity contribution in [3.05, 3.63) is 70.0 Å². The van der Waals surface area contributed by atoms with E-state index in [2.05, 4.69) is 9.71 Å². The number of carbonyl (C=O) groups is 1. The molecule has 0 bridgehead atoms. The lowest BCUT2D eigenvalue weighted by Crippen LogP contribution is -2.35. The van der Waals surface area contributed by atoms with Gasteiger partial charge in [0.05, 0.1) is 10.6 Å². The van der Waals surface area contributed by atoms with Crippen LogP contribution < -0.4 is 10.2 Å². The first-order chi connectivity index (χ1) is 14.9. The number of hydrogen-bond acceptors (Lipinski definition) is 4. The first-order valence-electron chi connectivity index (χ1n) is 10.4. The van der Waals surface area contributed by atoms with Gasteiger partial charge in [0, 0.05) is 30.2 Å². The summed E-state index contributed by atoms with van der Waals surface area (Å²) in [5.74, 6) is -0.309. The fraction of sp³-hybridized carbons (Fsp3) is 0.304. The molecule has 0 spiro atoms. The van der Waals surface area contributed by atoms with Crippen molar-refractivity contribution in [2.75, 3.05) is 17.8 Å². The maximum atomic E-state index is 13.1. The van der Waals surface area contributed by atoms with Crippen LogP contribution in [0.25, 0.3) is 10.9 Å². The lowest BCUT2D eigenvalue weighted by molar-refractivity contribution is 0.0760. The number of nitrogens with zero attached hydrogens (tertiary/aromatic N) is 1. The molecule has 1 aliphatic rings. The van der Waals surface area contributed by atoms with E-state index in [1.807, 2.05) is 19.1 Å². The summed E-state index contributed by atoms with van der Waals surface area (Å²) < 4.78 is 28.4. The lowest BCUT2D eigenvalue weighted by Gasteiger charge is -2.20. The normalized spacial score (nSPS) is 14.9. The smallest absolute Gasteiger partial charge is 0.261 e. The van der Waals surface area contributed by atoms with E-state index in [-0.39, 0.29) is 21.8 Å². The number of aromatic amines is 1. The largest absolute Gasteiger partial charge is 0.360 e. The molecule has 1 aliphatic heterocycles. The zero-order valence-corrected chi connectivity index (χ0v) is 18.2. The molecule has 1 saturated heterocycles. The summed E-state index contributed by atoms with van der Waals surface area (Å²) in [5, 5.41) is 0.174. The number of aryl methyl sites for hydroxylation is 1. The molecule has 4 rings (SSSR count). The number of aromatic nitrogens is 1. The number of pyridine rings is 1. The predicted molar refractivity (Wildman–Crippen MR) is 121 cm³/mol. The van der Waals surface area contributed by atoms with Crippen LogP contribution in [0, 0.1) is 6.92 Å². The number of H-pyrrole nitrogens is 1. The first-order valence-corrected chi connectivity index (χ1v) is 11.9. The van der Waals surface area contributed by atoms with Gasteiger partial charge in [0.1, 0.15) is 5.56 Å². The summed E-state index contributed by atoms with van der Waals surface area (Å²) in [6.07, 6.45) is 5.42. The second-order valence-electron chi connectivity index (χ2n) is 7.87. The van der Waals surface area contributed by atoms with Crippen LogP contribution in [0.4, 0.5) is 5.69 Å². The summed E-state index contributed by atoms with van der Waals surface area (Å²) >= 11 is 0. The Hall–Kier alpha value is -3.13. The van der Waals surface area contributed by atoms with Crippen molar-refractivity contribution < 1.29 is 13.2 Å². The number of sulfonamides is 1. The molecule has 2 heterocycles. The molecule has 0 saturated carbocycles. The van der Waals surface area contributed by atoms with Crippen molar-refractivity contribution >= 4 is 32.5 Å². The molecule has 0 unspecified atom stereocenters. The Morgan fingerprint density at radius 2 is 1.74 bits per heavy atom. The van der Waals surface area contributed by atoms with E-state index in [0.717, 1.165) is 31.2 Å². The summed E-state index contributed by atoms with van der Waals surface area (Å²) in [7, 11) is -3.90. The van der Waals surface area contributed by atoms with E-state index in [1.54, 1.807) is 23.1 Å². The van der Waals surface area contributed by atoms with Gasteiger partial charge in [-0.1, -0.05) is 31.0 Å². The number of likely N-dealkylation sites (tertiary alicyclic amines) is 1. The molecule has 1 aromatic heterocycles. The highest BCUT2D eigenvalue weighted by atomic mass is 32.2. The number of carbonyl (C=O) groups excluding carboxylic acids is 1. The van der Waals surface area contributed by atoms with Gasteiger partial charge < -0.3 is 9.88 Å². The molecule has 0 radical (unpaired) electrons. The highest BCUT2D eigenvalue weighted by Crippen LogP contribution is 2.22. The zero-order valence-electron chi connectivity index (χ0n) is 17.3. The van der Waals surface area contributed by atoms with Crippen LogP contribution in [-0.4, -0.2) is 37.3 Å². The quantitative estimate of drug-likeness (QED) is 0.648. The fourth-order valence-corrected chi connectivity index (χ4v) is 5.02. The number of benzene rings is 2. The van der Waals surface area contributed by atoms with Gasteiger partial charge in [-0.25, -0.2) is 8.42 Å². The molecule has 31 heavy (non-hydrogen) atoms. The van der Waals surface area contributed by atoms with Crippen molar-refractivity contribution in [2.24, 2.45) is 0 Å². The summed E-state index contributed by atoms with van der Waals surface area (Å²) in [6.45, 7) is 3.07. The molecular formula is C23H25N3O4S. The maximum absolute atomic E-state index is 13.1. The number of anilines is 1. The van der Waals surface area contributed by atoms with E-state index in [4.69, 9.17) is 0 Å². The average molecular weight is 440 g/mol. The number of nitrogens with one attached hydrogen (secondary N) is 2. The van der Waals surface area contributed by atoms with Crippen molar-refractivity contribution in [3.8, 4) is 0 Å². The maximum Gasteiger partial charge on any atom is 0.261 e. The van der Waals surface area contributed by atoms with Gasteiger partial charge in [-0.05, 0) is 49.6 Å². The Kier molecular flexibility index (Phi) is 5.82. The summed E-state index contributed by atoms with van der Waals surface area (Å²) in [6, 6.07) is 11.4. The fourth-order valence-electron chi connectivity index (χ4n) is 3.86. The van der Waals surface area contributed by atoms with Gasteiger partial charge in [0.25, 0.3) is 15.9 Å². The SMILES string of the molecule is Cc1ccccc1NS(=O)(=O)c1ccc2[nH]cc(C(=O)N3CCCCCC3)c(=O)c2c1. The van der Waals surface area contributed by atoms with Crippen LogP contribution in [0.15, 0.2) is 58.4 Å². The zero-order chi connectivity index (χ0) is 22.0. The van der Waals surface area contributed by atoms with E-state index < -0.39 is 15.5 Å². The molecule has 7 nitrogen and oxygen atoms in total. The monoisotopic (exact) mass is 439 g/mol. The van der Waals surface area contributed by atoms with Gasteiger partial charge in [-0.3, -0.25) is 14.3 Å². The van der Waals surface area contributed by atoms with E-state index in [9.17, 15) is 18.0 Å². The minimum absolute atomic E-state index is 0.0341. The minimum Gasteiger partial charge on any atom is -0.360 e. The number of fused-ring (bicyclic) bond motifs is 1. The molecule has 1 fully saturated rings. The molecule has 1 amide bonds. The Labute approximate surface area is 181 Å². The molecule has 2 N–H and O–H groups in total. The minimum atomic E-state index is -3.90. The number of rotatable bonds is 4. The Morgan fingerprint density at radius 3 is 2.45 bits per heavy atom. The molecule has 3 aromatic rings. The molecule has 162 valence electrons.